The quantitative estimate of drug-likeness (QED) is 0.202. The number of ether oxygens (including phenoxy) is 2. The Hall–Kier alpha value is -2.37. The van der Waals surface area contributed by atoms with Crippen molar-refractivity contribution in [2.24, 2.45) is 7.05 Å². The SMILES string of the molecule is COC(=O)[C@@](C)(C(OC)=[N+](S(=O)(=O)C(F)(F)F)S(=O)(=O)C(F)(F)F)c1[nH]cc[n+]1C. The second-order valence-corrected chi connectivity index (χ2v) is 9.43. The van der Waals surface area contributed by atoms with E-state index >= 15 is 0 Å². The fourth-order valence-electron chi connectivity index (χ4n) is 2.39. The molecular weight excluding hydrogens is 476 g/mol. The van der Waals surface area contributed by atoms with Gasteiger partial charge in [0.15, 0.2) is 0 Å². The molecule has 1 N–H and O–H groups in total. The summed E-state index contributed by atoms with van der Waals surface area (Å²) in [5.41, 5.74) is -16.0. The van der Waals surface area contributed by atoms with E-state index in [0.717, 1.165) is 17.0 Å². The van der Waals surface area contributed by atoms with Crippen molar-refractivity contribution in [3.63, 3.8) is 0 Å². The van der Waals surface area contributed by atoms with Gasteiger partial charge in [0, 0.05) is 0 Å². The van der Waals surface area contributed by atoms with Crippen molar-refractivity contribution in [1.29, 1.82) is 0 Å². The number of rotatable bonds is 5. The van der Waals surface area contributed by atoms with Crippen molar-refractivity contribution < 1.29 is 65.4 Å². The van der Waals surface area contributed by atoms with Crippen LogP contribution in [0.3, 0.4) is 0 Å². The van der Waals surface area contributed by atoms with Crippen LogP contribution in [0.15, 0.2) is 12.4 Å². The topological polar surface area (TPSA) is 126 Å². The molecule has 0 fully saturated rings. The summed E-state index contributed by atoms with van der Waals surface area (Å²) in [5, 5.41) is 0. The fraction of sp³-hybridized carbons (Fsp3) is 0.583. The third-order valence-electron chi connectivity index (χ3n) is 3.75. The largest absolute Gasteiger partial charge is 0.561 e. The first-order chi connectivity index (χ1) is 13.3. The van der Waals surface area contributed by atoms with Crippen molar-refractivity contribution in [2.75, 3.05) is 14.2 Å². The van der Waals surface area contributed by atoms with Gasteiger partial charge in [-0.3, -0.25) is 4.79 Å². The third kappa shape index (κ3) is 3.84. The standard InChI is InChI=1S/C12H14F6N3O7S2/c1-10(9(22)28-4,7-19-5-6-20(7)2)8(27-3)21(29(23,24)11(13,14)15)30(25,26)12(16,17)18/h5-6H,1-4H3/q+1/p+1/t10-/m1/s1. The molecule has 0 aromatic carbocycles. The second kappa shape index (κ2) is 7.71. The molecular formula is C12H15F6N3O7S2+2. The van der Waals surface area contributed by atoms with E-state index in [4.69, 9.17) is 0 Å². The van der Waals surface area contributed by atoms with E-state index < -0.39 is 57.6 Å². The summed E-state index contributed by atoms with van der Waals surface area (Å²) in [6.07, 6.45) is 2.22. The Morgan fingerprint density at radius 3 is 1.70 bits per heavy atom. The van der Waals surface area contributed by atoms with E-state index in [1.165, 1.54) is 7.05 Å². The van der Waals surface area contributed by atoms with Crippen LogP contribution in [-0.2, 0) is 46.8 Å². The predicted molar refractivity (Wildman–Crippen MR) is 83.6 cm³/mol. The molecule has 1 aromatic heterocycles. The van der Waals surface area contributed by atoms with E-state index in [-0.39, 0.29) is 0 Å². The molecule has 30 heavy (non-hydrogen) atoms. The minimum absolute atomic E-state index is 0.379. The number of methoxy groups -OCH3 is 2. The lowest BCUT2D eigenvalue weighted by Gasteiger charge is -2.21. The highest BCUT2D eigenvalue weighted by Crippen LogP contribution is 2.35. The molecule has 0 saturated carbocycles. The molecule has 1 aromatic rings. The highest BCUT2D eigenvalue weighted by atomic mass is 32.3. The molecule has 0 aliphatic carbocycles. The lowest BCUT2D eigenvalue weighted by molar-refractivity contribution is -0.679. The lowest BCUT2D eigenvalue weighted by atomic mass is 9.89. The molecule has 0 saturated heterocycles. The molecule has 0 spiro atoms. The monoisotopic (exact) mass is 491 g/mol. The predicted octanol–water partition coefficient (Wildman–Crippen LogP) is 0.0265. The number of imidazole rings is 1. The van der Waals surface area contributed by atoms with Crippen LogP contribution in [-0.4, -0.2) is 62.3 Å². The van der Waals surface area contributed by atoms with Gasteiger partial charge in [-0.2, -0.15) is 43.2 Å². The van der Waals surface area contributed by atoms with Crippen LogP contribution in [0.25, 0.3) is 0 Å². The Balaban J connectivity index is 4.40. The van der Waals surface area contributed by atoms with Crippen LogP contribution in [0.5, 0.6) is 0 Å². The zero-order valence-corrected chi connectivity index (χ0v) is 17.1. The van der Waals surface area contributed by atoms with Gasteiger partial charge in [0.1, 0.15) is 12.4 Å². The van der Waals surface area contributed by atoms with Gasteiger partial charge in [-0.1, -0.05) is 0 Å². The van der Waals surface area contributed by atoms with Crippen molar-refractivity contribution in [2.45, 2.75) is 23.4 Å². The molecule has 172 valence electrons. The molecule has 0 amide bonds. The lowest BCUT2D eigenvalue weighted by Crippen LogP contribution is -2.57. The molecule has 18 heteroatoms. The van der Waals surface area contributed by atoms with Crippen molar-refractivity contribution in [3.8, 4) is 0 Å². The third-order valence-corrected chi connectivity index (χ3v) is 7.30. The number of aromatic nitrogens is 2. The molecule has 1 heterocycles. The van der Waals surface area contributed by atoms with Crippen molar-refractivity contribution in [3.05, 3.63) is 18.2 Å². The number of hydrogen-bond donors (Lipinski definition) is 1. The number of sulfonamides is 2. The van der Waals surface area contributed by atoms with Crippen LogP contribution >= 0.6 is 0 Å². The van der Waals surface area contributed by atoms with E-state index in [9.17, 15) is 48.0 Å². The van der Waals surface area contributed by atoms with Crippen LogP contribution in [0.2, 0.25) is 0 Å². The Labute approximate surface area is 165 Å². The first-order valence-corrected chi connectivity index (χ1v) is 10.2. The molecule has 10 nitrogen and oxygen atoms in total. The molecule has 1 atom stereocenters. The van der Waals surface area contributed by atoms with Crippen LogP contribution in [0, 0.1) is 0 Å². The highest BCUT2D eigenvalue weighted by molar-refractivity contribution is 7.98. The number of alkyl halides is 6. The number of carbonyl (C=O) groups is 1. The number of H-pyrrole nitrogens is 1. The summed E-state index contributed by atoms with van der Waals surface area (Å²) in [6.45, 7) is 0.605. The average molecular weight is 491 g/mol. The molecule has 0 aliphatic heterocycles. The normalized spacial score (nSPS) is 15.3. The summed E-state index contributed by atoms with van der Waals surface area (Å²) < 4.78 is 134. The highest BCUT2D eigenvalue weighted by Gasteiger charge is 2.72. The maximum atomic E-state index is 13.1. The minimum Gasteiger partial charge on any atom is -0.468 e. The van der Waals surface area contributed by atoms with Crippen molar-refractivity contribution in [1.82, 2.24) is 4.98 Å². The summed E-state index contributed by atoms with van der Waals surface area (Å²) >= 11 is 0. The van der Waals surface area contributed by atoms with Crippen LogP contribution in [0.1, 0.15) is 12.7 Å². The number of carbonyl (C=O) groups excluding carboxylic acids is 1. The maximum Gasteiger partial charge on any atom is 0.561 e. The molecule has 0 aliphatic rings. The first-order valence-electron chi connectivity index (χ1n) is 7.28. The van der Waals surface area contributed by atoms with E-state index in [1.807, 2.05) is 0 Å². The van der Waals surface area contributed by atoms with E-state index in [1.54, 1.807) is 0 Å². The van der Waals surface area contributed by atoms with Gasteiger partial charge < -0.3 is 9.47 Å². The number of nitrogens with zero attached hydrogens (tertiary/aromatic N) is 2. The number of esters is 1. The minimum atomic E-state index is -7.29. The number of nitrogens with one attached hydrogen (secondary N) is 1. The molecule has 1 rings (SSSR count). The number of hydrogen-bond acceptors (Lipinski definition) is 7. The average Bonchev–Trinajstić information content (AvgIpc) is 3.02. The van der Waals surface area contributed by atoms with Gasteiger partial charge in [0.05, 0.1) is 24.7 Å². The van der Waals surface area contributed by atoms with E-state index in [2.05, 4.69) is 14.5 Å². The van der Waals surface area contributed by atoms with Crippen molar-refractivity contribution >= 4 is 31.9 Å². The summed E-state index contributed by atoms with van der Waals surface area (Å²) in [4.78, 5) is 14.7. The van der Waals surface area contributed by atoms with Gasteiger partial charge in [-0.05, 0) is 6.92 Å². The van der Waals surface area contributed by atoms with Gasteiger partial charge in [-0.25, -0.2) is 9.55 Å². The smallest absolute Gasteiger partial charge is 0.468 e. The van der Waals surface area contributed by atoms with Gasteiger partial charge >= 0.3 is 42.9 Å². The maximum absolute atomic E-state index is 13.1. The molecule has 0 bridgehead atoms. The van der Waals surface area contributed by atoms with Gasteiger partial charge in [0.25, 0.3) is 11.2 Å². The van der Waals surface area contributed by atoms with Crippen LogP contribution < -0.4 is 4.57 Å². The van der Waals surface area contributed by atoms with Gasteiger partial charge in [-0.15, -0.1) is 0 Å². The number of aryl methyl sites for hydroxylation is 1. The fourth-order valence-corrected chi connectivity index (χ4v) is 5.25. The number of aromatic amines is 1. The molecule has 0 unspecified atom stereocenters. The Morgan fingerprint density at radius 2 is 1.43 bits per heavy atom. The van der Waals surface area contributed by atoms with Gasteiger partial charge in [0.2, 0.25) is 0 Å². The Morgan fingerprint density at radius 1 is 1.00 bits per heavy atom. The Kier molecular flexibility index (Phi) is 6.60. The summed E-state index contributed by atoms with van der Waals surface area (Å²) in [5.74, 6) is -4.26. The molecule has 0 radical (unpaired) electrons. The van der Waals surface area contributed by atoms with Crippen LogP contribution in [0.4, 0.5) is 26.3 Å². The van der Waals surface area contributed by atoms with E-state index in [0.29, 0.717) is 21.1 Å². The Bertz CT molecular complexity index is 1030. The second-order valence-electron chi connectivity index (χ2n) is 5.64. The zero-order chi connectivity index (χ0) is 23.9. The first kappa shape index (κ1) is 25.7. The number of halogens is 6. The zero-order valence-electron chi connectivity index (χ0n) is 15.5. The summed E-state index contributed by atoms with van der Waals surface area (Å²) in [6, 6.07) is 0. The summed E-state index contributed by atoms with van der Waals surface area (Å²) in [7, 11) is -12.3.